The van der Waals surface area contributed by atoms with E-state index in [1.54, 1.807) is 31.2 Å². The zero-order chi connectivity index (χ0) is 17.3. The summed E-state index contributed by atoms with van der Waals surface area (Å²) in [6.07, 6.45) is 1.66. The van der Waals surface area contributed by atoms with Gasteiger partial charge < -0.3 is 9.84 Å². The number of hydrogen-bond donors (Lipinski definition) is 1. The third-order valence-electron chi connectivity index (χ3n) is 3.63. The maximum absolute atomic E-state index is 13.4. The number of methoxy groups -OCH3 is 1. The van der Waals surface area contributed by atoms with Gasteiger partial charge >= 0.3 is 0 Å². The Bertz CT molecular complexity index is 874. The number of amides is 1. The Morgan fingerprint density at radius 1 is 1.25 bits per heavy atom. The number of halogens is 1. The average molecular weight is 326 g/mol. The molecule has 0 spiro atoms. The topological polar surface area (TPSA) is 62.1 Å². The van der Waals surface area contributed by atoms with Crippen LogP contribution in [-0.2, 0) is 4.79 Å². The van der Waals surface area contributed by atoms with E-state index in [9.17, 15) is 14.3 Å². The molecule has 1 heterocycles. The number of hydrazone groups is 1. The van der Waals surface area contributed by atoms with Gasteiger partial charge in [-0.05, 0) is 48.9 Å². The third-order valence-corrected chi connectivity index (χ3v) is 3.63. The second-order valence-electron chi connectivity index (χ2n) is 5.27. The number of carbonyl (C=O) groups excluding carboxylic acids is 1. The minimum absolute atomic E-state index is 0.0178. The fourth-order valence-electron chi connectivity index (χ4n) is 2.42. The van der Waals surface area contributed by atoms with E-state index in [2.05, 4.69) is 5.10 Å². The van der Waals surface area contributed by atoms with Gasteiger partial charge in [0, 0.05) is 0 Å². The number of benzene rings is 2. The van der Waals surface area contributed by atoms with Gasteiger partial charge in [0.25, 0.3) is 5.91 Å². The fourth-order valence-corrected chi connectivity index (χ4v) is 2.42. The Morgan fingerprint density at radius 3 is 2.75 bits per heavy atom. The van der Waals surface area contributed by atoms with Crippen LogP contribution in [-0.4, -0.2) is 23.8 Å². The molecule has 0 atom stereocenters. The standard InChI is InChI=1S/C18H15FN2O3/c1-11-15(8-12-6-7-16(22)17(9-12)24-2)18(23)21(20-11)14-5-3-4-13(19)10-14/h3-10,22H,1-2H3/b15-8-. The molecular weight excluding hydrogens is 311 g/mol. The summed E-state index contributed by atoms with van der Waals surface area (Å²) in [7, 11) is 1.45. The number of hydrogen-bond acceptors (Lipinski definition) is 4. The summed E-state index contributed by atoms with van der Waals surface area (Å²) in [5, 5.41) is 15.0. The Morgan fingerprint density at radius 2 is 2.04 bits per heavy atom. The number of phenolic OH excluding ortho intramolecular Hbond substituents is 1. The predicted molar refractivity (Wildman–Crippen MR) is 89.6 cm³/mol. The summed E-state index contributed by atoms with van der Waals surface area (Å²) < 4.78 is 18.4. The highest BCUT2D eigenvalue weighted by Gasteiger charge is 2.28. The molecule has 0 saturated carbocycles. The third kappa shape index (κ3) is 2.86. The number of nitrogens with zero attached hydrogens (tertiary/aromatic N) is 2. The van der Waals surface area contributed by atoms with Crippen LogP contribution in [0.2, 0.25) is 0 Å². The minimum atomic E-state index is -0.436. The molecule has 0 aliphatic carbocycles. The second kappa shape index (κ2) is 6.16. The highest BCUT2D eigenvalue weighted by Crippen LogP contribution is 2.29. The molecule has 24 heavy (non-hydrogen) atoms. The Labute approximate surface area is 138 Å². The first kappa shape index (κ1) is 15.7. The highest BCUT2D eigenvalue weighted by atomic mass is 19.1. The van der Waals surface area contributed by atoms with E-state index in [1.165, 1.54) is 36.4 Å². The molecule has 122 valence electrons. The van der Waals surface area contributed by atoms with Crippen LogP contribution in [0.1, 0.15) is 12.5 Å². The van der Waals surface area contributed by atoms with E-state index in [4.69, 9.17) is 4.74 Å². The van der Waals surface area contributed by atoms with Crippen LogP contribution in [0.4, 0.5) is 10.1 Å². The summed E-state index contributed by atoms with van der Waals surface area (Å²) in [6, 6.07) is 10.5. The van der Waals surface area contributed by atoms with Crippen molar-refractivity contribution in [2.45, 2.75) is 6.92 Å². The Balaban J connectivity index is 1.96. The van der Waals surface area contributed by atoms with E-state index < -0.39 is 5.82 Å². The van der Waals surface area contributed by atoms with Crippen molar-refractivity contribution in [3.05, 3.63) is 59.4 Å². The van der Waals surface area contributed by atoms with Crippen LogP contribution in [0.5, 0.6) is 11.5 Å². The van der Waals surface area contributed by atoms with Gasteiger partial charge in [0.15, 0.2) is 11.5 Å². The van der Waals surface area contributed by atoms with Crippen LogP contribution in [0.25, 0.3) is 6.08 Å². The lowest BCUT2D eigenvalue weighted by molar-refractivity contribution is -0.114. The van der Waals surface area contributed by atoms with E-state index in [0.717, 1.165) is 0 Å². The molecule has 0 saturated heterocycles. The lowest BCUT2D eigenvalue weighted by atomic mass is 10.1. The SMILES string of the molecule is COc1cc(/C=C2\C(=O)N(c3cccc(F)c3)N=C2C)ccc1O. The molecule has 1 aliphatic rings. The molecule has 6 heteroatoms. The van der Waals surface area contributed by atoms with Crippen molar-refractivity contribution in [1.29, 1.82) is 0 Å². The maximum Gasteiger partial charge on any atom is 0.280 e. The predicted octanol–water partition coefficient (Wildman–Crippen LogP) is 3.35. The monoisotopic (exact) mass is 326 g/mol. The van der Waals surface area contributed by atoms with Crippen molar-refractivity contribution in [1.82, 2.24) is 0 Å². The summed E-state index contributed by atoms with van der Waals surface area (Å²) in [5.74, 6) is -0.449. The summed E-state index contributed by atoms with van der Waals surface area (Å²) in [5.41, 5.74) is 1.97. The number of anilines is 1. The van der Waals surface area contributed by atoms with E-state index in [0.29, 0.717) is 28.3 Å². The van der Waals surface area contributed by atoms with E-state index >= 15 is 0 Å². The molecule has 1 aliphatic heterocycles. The van der Waals surface area contributed by atoms with Crippen molar-refractivity contribution in [3.63, 3.8) is 0 Å². The quantitative estimate of drug-likeness (QED) is 0.880. The smallest absolute Gasteiger partial charge is 0.280 e. The van der Waals surface area contributed by atoms with Gasteiger partial charge in [-0.1, -0.05) is 12.1 Å². The van der Waals surface area contributed by atoms with Crippen molar-refractivity contribution >= 4 is 23.4 Å². The molecule has 2 aromatic carbocycles. The van der Waals surface area contributed by atoms with Crippen LogP contribution in [0, 0.1) is 5.82 Å². The first-order valence-electron chi connectivity index (χ1n) is 7.24. The zero-order valence-corrected chi connectivity index (χ0v) is 13.2. The normalized spacial score (nSPS) is 15.8. The summed E-state index contributed by atoms with van der Waals surface area (Å²) in [6.45, 7) is 1.71. The lowest BCUT2D eigenvalue weighted by Crippen LogP contribution is -2.21. The number of phenols is 1. The Kier molecular flexibility index (Phi) is 4.04. The van der Waals surface area contributed by atoms with Gasteiger partial charge in [-0.2, -0.15) is 10.1 Å². The molecule has 2 aromatic rings. The fraction of sp³-hybridized carbons (Fsp3) is 0.111. The number of rotatable bonds is 3. The van der Waals surface area contributed by atoms with E-state index in [-0.39, 0.29) is 11.7 Å². The van der Waals surface area contributed by atoms with Gasteiger partial charge in [0.2, 0.25) is 0 Å². The molecule has 0 fully saturated rings. The zero-order valence-electron chi connectivity index (χ0n) is 13.2. The first-order chi connectivity index (χ1) is 11.5. The van der Waals surface area contributed by atoms with Crippen molar-refractivity contribution < 1.29 is 19.0 Å². The maximum atomic E-state index is 13.4. The molecule has 3 rings (SSSR count). The van der Waals surface area contributed by atoms with E-state index in [1.807, 2.05) is 0 Å². The van der Waals surface area contributed by atoms with Gasteiger partial charge in [0.1, 0.15) is 5.82 Å². The molecular formula is C18H15FN2O3. The molecule has 0 aromatic heterocycles. The molecule has 0 radical (unpaired) electrons. The molecule has 0 unspecified atom stereocenters. The molecule has 0 bridgehead atoms. The molecule has 5 nitrogen and oxygen atoms in total. The second-order valence-corrected chi connectivity index (χ2v) is 5.27. The highest BCUT2D eigenvalue weighted by molar-refractivity contribution is 6.32. The lowest BCUT2D eigenvalue weighted by Gasteiger charge is -2.11. The number of ether oxygens (including phenoxy) is 1. The molecule has 1 N–H and O–H groups in total. The van der Waals surface area contributed by atoms with Crippen LogP contribution >= 0.6 is 0 Å². The van der Waals surface area contributed by atoms with Crippen LogP contribution in [0.3, 0.4) is 0 Å². The first-order valence-corrected chi connectivity index (χ1v) is 7.24. The number of carbonyl (C=O) groups is 1. The van der Waals surface area contributed by atoms with Gasteiger partial charge in [0.05, 0.1) is 24.1 Å². The van der Waals surface area contributed by atoms with Gasteiger partial charge in [-0.3, -0.25) is 4.79 Å². The Hall–Kier alpha value is -3.15. The van der Waals surface area contributed by atoms with Crippen molar-refractivity contribution in [2.75, 3.05) is 12.1 Å². The van der Waals surface area contributed by atoms with Gasteiger partial charge in [-0.15, -0.1) is 0 Å². The summed E-state index contributed by atoms with van der Waals surface area (Å²) >= 11 is 0. The number of aromatic hydroxyl groups is 1. The van der Waals surface area contributed by atoms with Crippen LogP contribution in [0.15, 0.2) is 53.1 Å². The summed E-state index contributed by atoms with van der Waals surface area (Å²) in [4.78, 5) is 12.6. The van der Waals surface area contributed by atoms with Crippen LogP contribution < -0.4 is 9.75 Å². The molecule has 1 amide bonds. The van der Waals surface area contributed by atoms with Gasteiger partial charge in [-0.25, -0.2) is 4.39 Å². The average Bonchev–Trinajstić information content (AvgIpc) is 2.84. The van der Waals surface area contributed by atoms with Crippen molar-refractivity contribution in [2.24, 2.45) is 5.10 Å². The van der Waals surface area contributed by atoms with Crippen molar-refractivity contribution in [3.8, 4) is 11.5 Å². The largest absolute Gasteiger partial charge is 0.504 e. The minimum Gasteiger partial charge on any atom is -0.504 e.